The predicted octanol–water partition coefficient (Wildman–Crippen LogP) is 7.64. The number of rotatable bonds is 8. The van der Waals surface area contributed by atoms with Crippen LogP contribution in [0.25, 0.3) is 6.08 Å². The van der Waals surface area contributed by atoms with Crippen LogP contribution in [0.4, 0.5) is 10.5 Å². The Balaban J connectivity index is 1.42. The molecule has 1 aliphatic rings. The van der Waals surface area contributed by atoms with E-state index in [0.29, 0.717) is 38.4 Å². The summed E-state index contributed by atoms with van der Waals surface area (Å²) >= 11 is 16.3. The zero-order chi connectivity index (χ0) is 28.3. The van der Waals surface area contributed by atoms with Crippen molar-refractivity contribution in [3.63, 3.8) is 0 Å². The maximum absolute atomic E-state index is 12.9. The van der Waals surface area contributed by atoms with Gasteiger partial charge in [0, 0.05) is 4.47 Å². The van der Waals surface area contributed by atoms with E-state index >= 15 is 0 Å². The van der Waals surface area contributed by atoms with Gasteiger partial charge in [-0.25, -0.2) is 0 Å². The Bertz CT molecular complexity index is 1510. The third-order valence-electron chi connectivity index (χ3n) is 5.90. The fraction of sp³-hybridized carbons (Fsp3) is 0.179. The van der Waals surface area contributed by atoms with E-state index in [9.17, 15) is 14.4 Å². The van der Waals surface area contributed by atoms with E-state index < -0.39 is 5.91 Å². The van der Waals surface area contributed by atoms with Crippen molar-refractivity contribution < 1.29 is 23.9 Å². The number of amides is 3. The van der Waals surface area contributed by atoms with Crippen LogP contribution in [0.5, 0.6) is 11.5 Å². The van der Waals surface area contributed by atoms with Crippen LogP contribution in [0.3, 0.4) is 0 Å². The number of carbonyl (C=O) groups excluding carboxylic acids is 3. The van der Waals surface area contributed by atoms with Gasteiger partial charge in [0.05, 0.1) is 34.3 Å². The SMILES string of the molecule is COc1cc(/C=C2\SC(=O)N(Cc3ccc(Cl)c(Cl)c3)C2=O)ccc1OCC(=O)Nc1cc(C)c(C)cc1Br. The molecule has 1 N–H and O–H groups in total. The summed E-state index contributed by atoms with van der Waals surface area (Å²) in [5.41, 5.74) is 4.13. The van der Waals surface area contributed by atoms with Crippen LogP contribution in [-0.2, 0) is 16.1 Å². The van der Waals surface area contributed by atoms with E-state index in [1.165, 1.54) is 7.11 Å². The maximum Gasteiger partial charge on any atom is 0.293 e. The van der Waals surface area contributed by atoms with Gasteiger partial charge in [-0.05, 0) is 106 Å². The number of carbonyl (C=O) groups is 3. The zero-order valence-electron chi connectivity index (χ0n) is 21.1. The summed E-state index contributed by atoms with van der Waals surface area (Å²) in [5.74, 6) is -0.0131. The van der Waals surface area contributed by atoms with Crippen LogP contribution >= 0.6 is 50.9 Å². The molecule has 0 saturated carbocycles. The van der Waals surface area contributed by atoms with Crippen LogP contribution in [-0.4, -0.2) is 35.7 Å². The van der Waals surface area contributed by atoms with E-state index in [2.05, 4.69) is 21.2 Å². The lowest BCUT2D eigenvalue weighted by Gasteiger charge is -2.13. The van der Waals surface area contributed by atoms with Crippen molar-refractivity contribution in [2.24, 2.45) is 0 Å². The Morgan fingerprint density at radius 2 is 1.77 bits per heavy atom. The van der Waals surface area contributed by atoms with Crippen molar-refractivity contribution >= 4 is 79.7 Å². The Morgan fingerprint density at radius 3 is 2.49 bits per heavy atom. The molecule has 3 aromatic rings. The lowest BCUT2D eigenvalue weighted by Crippen LogP contribution is -2.27. The van der Waals surface area contributed by atoms with Crippen molar-refractivity contribution in [1.82, 2.24) is 4.90 Å². The topological polar surface area (TPSA) is 84.9 Å². The van der Waals surface area contributed by atoms with Gasteiger partial charge in [0.1, 0.15) is 0 Å². The Hall–Kier alpha value is -2.98. The van der Waals surface area contributed by atoms with Crippen LogP contribution in [0.1, 0.15) is 22.3 Å². The Labute approximate surface area is 248 Å². The van der Waals surface area contributed by atoms with Crippen LogP contribution in [0.2, 0.25) is 10.0 Å². The van der Waals surface area contributed by atoms with Gasteiger partial charge in [-0.15, -0.1) is 0 Å². The van der Waals surface area contributed by atoms with Gasteiger partial charge >= 0.3 is 0 Å². The third-order valence-corrected chi connectivity index (χ3v) is 8.20. The van der Waals surface area contributed by atoms with Gasteiger partial charge in [-0.1, -0.05) is 35.3 Å². The summed E-state index contributed by atoms with van der Waals surface area (Å²) in [6.45, 7) is 3.81. The fourth-order valence-electron chi connectivity index (χ4n) is 3.71. The summed E-state index contributed by atoms with van der Waals surface area (Å²) < 4.78 is 11.9. The molecule has 0 aliphatic carbocycles. The monoisotopic (exact) mass is 648 g/mol. The van der Waals surface area contributed by atoms with Gasteiger partial charge < -0.3 is 14.8 Å². The molecule has 1 heterocycles. The van der Waals surface area contributed by atoms with Crippen molar-refractivity contribution in [3.05, 3.63) is 90.2 Å². The highest BCUT2D eigenvalue weighted by atomic mass is 79.9. The summed E-state index contributed by atoms with van der Waals surface area (Å²) in [7, 11) is 1.48. The van der Waals surface area contributed by atoms with Crippen LogP contribution in [0, 0.1) is 13.8 Å². The average molecular weight is 650 g/mol. The maximum atomic E-state index is 12.9. The number of thioether (sulfide) groups is 1. The summed E-state index contributed by atoms with van der Waals surface area (Å²) in [4.78, 5) is 39.4. The number of methoxy groups -OCH3 is 1. The number of halogens is 3. The number of hydrogen-bond donors (Lipinski definition) is 1. The normalized spacial score (nSPS) is 14.2. The number of imide groups is 1. The van der Waals surface area contributed by atoms with Crippen molar-refractivity contribution in [2.75, 3.05) is 19.0 Å². The first kappa shape index (κ1) is 29.0. The van der Waals surface area contributed by atoms with Crippen LogP contribution < -0.4 is 14.8 Å². The molecule has 7 nitrogen and oxygen atoms in total. The fourth-order valence-corrected chi connectivity index (χ4v) is 5.42. The minimum absolute atomic E-state index is 0.0792. The highest BCUT2D eigenvalue weighted by molar-refractivity contribution is 9.10. The Kier molecular flexibility index (Phi) is 9.27. The summed E-state index contributed by atoms with van der Waals surface area (Å²) in [6, 6.07) is 13.8. The molecular weight excluding hydrogens is 627 g/mol. The van der Waals surface area contributed by atoms with Gasteiger partial charge in [-0.2, -0.15) is 0 Å². The average Bonchev–Trinajstić information content (AvgIpc) is 3.15. The second-order valence-corrected chi connectivity index (χ2v) is 11.3. The Morgan fingerprint density at radius 1 is 1.03 bits per heavy atom. The first-order valence-corrected chi connectivity index (χ1v) is 14.0. The summed E-state index contributed by atoms with van der Waals surface area (Å²) in [5, 5.41) is 3.19. The van der Waals surface area contributed by atoms with Crippen molar-refractivity contribution in [1.29, 1.82) is 0 Å². The molecule has 0 aromatic heterocycles. The molecule has 4 rings (SSSR count). The largest absolute Gasteiger partial charge is 0.493 e. The van der Waals surface area contributed by atoms with Crippen LogP contribution in [0.15, 0.2) is 57.9 Å². The molecule has 11 heteroatoms. The zero-order valence-corrected chi connectivity index (χ0v) is 25.1. The number of ether oxygens (including phenoxy) is 2. The quantitative estimate of drug-likeness (QED) is 0.253. The number of benzene rings is 3. The van der Waals surface area contributed by atoms with E-state index in [4.69, 9.17) is 32.7 Å². The molecule has 1 saturated heterocycles. The number of hydrogen-bond acceptors (Lipinski definition) is 6. The van der Waals surface area contributed by atoms with Gasteiger partial charge in [0.2, 0.25) is 0 Å². The van der Waals surface area contributed by atoms with Gasteiger partial charge in [0.15, 0.2) is 18.1 Å². The molecule has 3 aromatic carbocycles. The molecule has 1 aliphatic heterocycles. The van der Waals surface area contributed by atoms with Crippen molar-refractivity contribution in [2.45, 2.75) is 20.4 Å². The third kappa shape index (κ3) is 6.97. The molecular formula is C28H23BrCl2N2O5S. The highest BCUT2D eigenvalue weighted by Gasteiger charge is 2.35. The lowest BCUT2D eigenvalue weighted by atomic mass is 10.1. The molecule has 0 unspecified atom stereocenters. The first-order valence-electron chi connectivity index (χ1n) is 11.6. The smallest absolute Gasteiger partial charge is 0.293 e. The highest BCUT2D eigenvalue weighted by Crippen LogP contribution is 2.36. The minimum atomic E-state index is -0.412. The van der Waals surface area contributed by atoms with Crippen molar-refractivity contribution in [3.8, 4) is 11.5 Å². The second kappa shape index (κ2) is 12.5. The standard InChI is InChI=1S/C28H23BrCl2N2O5S/c1-15-8-19(29)22(9-16(15)2)32-26(34)14-38-23-7-5-17(11-24(23)37-3)12-25-27(35)33(28(36)39-25)13-18-4-6-20(30)21(31)10-18/h4-12H,13-14H2,1-3H3,(H,32,34)/b25-12-. The molecule has 1 fully saturated rings. The summed E-state index contributed by atoms with van der Waals surface area (Å²) in [6.07, 6.45) is 1.61. The van der Waals surface area contributed by atoms with E-state index in [-0.39, 0.29) is 29.2 Å². The van der Waals surface area contributed by atoms with E-state index in [1.807, 2.05) is 26.0 Å². The molecule has 0 spiro atoms. The predicted molar refractivity (Wildman–Crippen MR) is 159 cm³/mol. The lowest BCUT2D eigenvalue weighted by molar-refractivity contribution is -0.123. The number of nitrogens with zero attached hydrogens (tertiary/aromatic N) is 1. The number of nitrogens with one attached hydrogen (secondary N) is 1. The molecule has 202 valence electrons. The second-order valence-electron chi connectivity index (χ2n) is 8.68. The minimum Gasteiger partial charge on any atom is -0.493 e. The number of anilines is 1. The molecule has 39 heavy (non-hydrogen) atoms. The molecule has 3 amide bonds. The molecule has 0 atom stereocenters. The van der Waals surface area contributed by atoms with Gasteiger partial charge in [0.25, 0.3) is 17.1 Å². The van der Waals surface area contributed by atoms with E-state index in [1.54, 1.807) is 42.5 Å². The molecule has 0 bridgehead atoms. The molecule has 0 radical (unpaired) electrons. The number of aryl methyl sites for hydroxylation is 2. The van der Waals surface area contributed by atoms with Gasteiger partial charge in [-0.3, -0.25) is 19.3 Å². The first-order chi connectivity index (χ1) is 18.5. The van der Waals surface area contributed by atoms with E-state index in [0.717, 1.165) is 32.3 Å².